The summed E-state index contributed by atoms with van der Waals surface area (Å²) in [6.45, 7) is 28.8. The summed E-state index contributed by atoms with van der Waals surface area (Å²) >= 11 is 2.39. The Labute approximate surface area is 203 Å². The largest absolute Gasteiger partial charge is 0.489 e. The normalized spacial score (nSPS) is 21.0. The minimum atomic E-state index is -1.99. The van der Waals surface area contributed by atoms with Gasteiger partial charge in [-0.3, -0.25) is 0 Å². The van der Waals surface area contributed by atoms with Crippen molar-refractivity contribution in [2.24, 2.45) is 0 Å². The third-order valence-corrected chi connectivity index (χ3v) is 20.3. The first-order chi connectivity index (χ1) is 13.8. The number of allylic oxidation sites excluding steroid dienone is 1. The van der Waals surface area contributed by atoms with Crippen LogP contribution in [0.25, 0.3) is 0 Å². The van der Waals surface area contributed by atoms with Gasteiger partial charge in [-0.1, -0.05) is 106 Å². The van der Waals surface area contributed by atoms with Crippen molar-refractivity contribution in [3.63, 3.8) is 0 Å². The molecule has 0 aromatic rings. The van der Waals surface area contributed by atoms with Crippen molar-refractivity contribution in [2.45, 2.75) is 129 Å². The first-order valence-corrected chi connectivity index (χ1v) is 17.8. The molecule has 0 saturated carbocycles. The number of ether oxygens (including phenoxy) is 1. The van der Waals surface area contributed by atoms with Crippen LogP contribution in [0.5, 0.6) is 0 Å². The van der Waals surface area contributed by atoms with E-state index in [0.717, 1.165) is 10.2 Å². The summed E-state index contributed by atoms with van der Waals surface area (Å²) in [5.74, 6) is 1.05. The number of hydrogen-bond donors (Lipinski definition) is 0. The van der Waals surface area contributed by atoms with Crippen LogP contribution < -0.4 is 0 Å². The second-order valence-corrected chi connectivity index (χ2v) is 22.6. The average molecular weight is 569 g/mol. The average Bonchev–Trinajstić information content (AvgIpc) is 3.00. The van der Waals surface area contributed by atoms with Crippen LogP contribution in [0.3, 0.4) is 0 Å². The first-order valence-electron chi connectivity index (χ1n) is 12.0. The Morgan fingerprint density at radius 2 is 1.17 bits per heavy atom. The molecule has 0 aromatic heterocycles. The Hall–Kier alpha value is 0.624. The highest BCUT2D eigenvalue weighted by molar-refractivity contribution is 14.1. The van der Waals surface area contributed by atoms with Gasteiger partial charge >= 0.3 is 0 Å². The summed E-state index contributed by atoms with van der Waals surface area (Å²) in [5.41, 5.74) is 3.41. The van der Waals surface area contributed by atoms with Crippen molar-refractivity contribution >= 4 is 39.2 Å². The molecule has 1 aliphatic heterocycles. The molecule has 30 heavy (non-hydrogen) atoms. The maximum absolute atomic E-state index is 7.14. The molecule has 0 saturated heterocycles. The molecular formula is C24H49IO3Si2. The highest BCUT2D eigenvalue weighted by Gasteiger charge is 2.50. The first kappa shape index (κ1) is 28.7. The molecule has 1 rings (SSSR count). The van der Waals surface area contributed by atoms with Gasteiger partial charge in [-0.15, -0.1) is 0 Å². The molecule has 0 aliphatic carbocycles. The van der Waals surface area contributed by atoms with Crippen LogP contribution in [0.1, 0.15) is 83.1 Å². The molecule has 0 spiro atoms. The SMILES string of the molecule is CC(C)[Si](OC[C@H]1OC(CI)=C[C@@H]1O[Si](C(C)C)(C(C)C)C(C)C)(C(C)C)C(C)C. The summed E-state index contributed by atoms with van der Waals surface area (Å²) < 4.78 is 21.3. The van der Waals surface area contributed by atoms with Gasteiger partial charge in [0.25, 0.3) is 0 Å². The van der Waals surface area contributed by atoms with E-state index < -0.39 is 16.6 Å². The fourth-order valence-electron chi connectivity index (χ4n) is 6.28. The third kappa shape index (κ3) is 5.75. The third-order valence-electron chi connectivity index (χ3n) is 7.40. The van der Waals surface area contributed by atoms with Crippen LogP contribution in [-0.2, 0) is 13.6 Å². The second kappa shape index (κ2) is 11.7. The molecule has 178 valence electrons. The summed E-state index contributed by atoms with van der Waals surface area (Å²) in [7, 11) is -3.92. The molecule has 0 amide bonds. The highest BCUT2D eigenvalue weighted by atomic mass is 127. The standard InChI is InChI=1S/C24H49IO3Si2/c1-16(2)29(17(3)4,18(5)6)26-15-24-23(13-22(14-25)27-24)28-30(19(7)8,20(9)10)21(11)12/h13,16-21,23-24H,14-15H2,1-12H3/t23-,24+/m0/s1. The van der Waals surface area contributed by atoms with Crippen LogP contribution in [0, 0.1) is 0 Å². The Kier molecular flexibility index (Phi) is 11.1. The predicted molar refractivity (Wildman–Crippen MR) is 145 cm³/mol. The number of halogens is 1. The maximum Gasteiger partial charge on any atom is 0.201 e. The number of rotatable bonds is 12. The van der Waals surface area contributed by atoms with Gasteiger partial charge in [0.1, 0.15) is 18.0 Å². The van der Waals surface area contributed by atoms with Gasteiger partial charge in [-0.05, 0) is 39.3 Å². The van der Waals surface area contributed by atoms with Crippen LogP contribution in [-0.4, -0.2) is 39.9 Å². The van der Waals surface area contributed by atoms with E-state index in [1.54, 1.807) is 0 Å². The van der Waals surface area contributed by atoms with Crippen LogP contribution >= 0.6 is 22.6 Å². The van der Waals surface area contributed by atoms with Gasteiger partial charge in [0.15, 0.2) is 0 Å². The van der Waals surface area contributed by atoms with Crippen molar-refractivity contribution in [1.82, 2.24) is 0 Å². The second-order valence-electron chi connectivity index (χ2n) is 11.0. The molecule has 1 heterocycles. The van der Waals surface area contributed by atoms with Crippen molar-refractivity contribution < 1.29 is 13.6 Å². The molecule has 0 N–H and O–H groups in total. The van der Waals surface area contributed by atoms with E-state index in [-0.39, 0.29) is 12.2 Å². The van der Waals surface area contributed by atoms with Gasteiger partial charge in [0.2, 0.25) is 16.6 Å². The molecule has 0 aromatic carbocycles. The minimum absolute atomic E-state index is 0.00631. The van der Waals surface area contributed by atoms with Crippen molar-refractivity contribution in [2.75, 3.05) is 11.0 Å². The molecule has 0 unspecified atom stereocenters. The summed E-state index contributed by atoms with van der Waals surface area (Å²) in [6, 6.07) is 0. The van der Waals surface area contributed by atoms with Gasteiger partial charge in [-0.2, -0.15) is 0 Å². The van der Waals surface area contributed by atoms with Gasteiger partial charge < -0.3 is 13.6 Å². The minimum Gasteiger partial charge on any atom is -0.489 e. The number of hydrogen-bond acceptors (Lipinski definition) is 3. The smallest absolute Gasteiger partial charge is 0.201 e. The lowest BCUT2D eigenvalue weighted by Gasteiger charge is -2.45. The summed E-state index contributed by atoms with van der Waals surface area (Å²) in [6.07, 6.45) is 2.23. The maximum atomic E-state index is 7.14. The molecule has 0 radical (unpaired) electrons. The van der Waals surface area contributed by atoms with Gasteiger partial charge in [0.05, 0.1) is 11.0 Å². The lowest BCUT2D eigenvalue weighted by atomic mass is 10.2. The van der Waals surface area contributed by atoms with Crippen molar-refractivity contribution in [3.8, 4) is 0 Å². The molecule has 6 heteroatoms. The number of alkyl halides is 1. The molecule has 3 nitrogen and oxygen atoms in total. The van der Waals surface area contributed by atoms with E-state index in [1.165, 1.54) is 0 Å². The van der Waals surface area contributed by atoms with E-state index in [0.29, 0.717) is 39.9 Å². The van der Waals surface area contributed by atoms with E-state index in [1.807, 2.05) is 0 Å². The van der Waals surface area contributed by atoms with E-state index in [2.05, 4.69) is 112 Å². The topological polar surface area (TPSA) is 27.7 Å². The van der Waals surface area contributed by atoms with E-state index >= 15 is 0 Å². The Morgan fingerprint density at radius 3 is 1.50 bits per heavy atom. The highest BCUT2D eigenvalue weighted by Crippen LogP contribution is 2.46. The predicted octanol–water partition coefficient (Wildman–Crippen LogP) is 8.46. The van der Waals surface area contributed by atoms with Gasteiger partial charge in [-0.25, -0.2) is 0 Å². The zero-order valence-corrected chi connectivity index (χ0v) is 25.9. The van der Waals surface area contributed by atoms with Crippen molar-refractivity contribution in [3.05, 3.63) is 11.8 Å². The Balaban J connectivity index is 3.18. The van der Waals surface area contributed by atoms with Gasteiger partial charge in [0, 0.05) is 0 Å². The Morgan fingerprint density at radius 1 is 0.767 bits per heavy atom. The zero-order valence-electron chi connectivity index (χ0n) is 21.7. The van der Waals surface area contributed by atoms with Crippen molar-refractivity contribution in [1.29, 1.82) is 0 Å². The molecular weight excluding hydrogens is 519 g/mol. The Bertz CT molecular complexity index is 515. The zero-order chi connectivity index (χ0) is 23.4. The summed E-state index contributed by atoms with van der Waals surface area (Å²) in [4.78, 5) is 0. The monoisotopic (exact) mass is 568 g/mol. The quantitative estimate of drug-likeness (QED) is 0.134. The van der Waals surface area contributed by atoms with E-state index in [9.17, 15) is 0 Å². The fraction of sp³-hybridized carbons (Fsp3) is 0.917. The summed E-state index contributed by atoms with van der Waals surface area (Å²) in [5, 5.41) is 0. The molecule has 0 bridgehead atoms. The molecule has 1 aliphatic rings. The molecule has 2 atom stereocenters. The lowest BCUT2D eigenvalue weighted by Crippen LogP contribution is -2.53. The van der Waals surface area contributed by atoms with Crippen LogP contribution in [0.4, 0.5) is 0 Å². The van der Waals surface area contributed by atoms with Crippen LogP contribution in [0.15, 0.2) is 11.8 Å². The van der Waals surface area contributed by atoms with E-state index in [4.69, 9.17) is 13.6 Å². The van der Waals surface area contributed by atoms with Crippen LogP contribution in [0.2, 0.25) is 33.2 Å². The fourth-order valence-corrected chi connectivity index (χ4v) is 17.7. The molecule has 0 fully saturated rings. The lowest BCUT2D eigenvalue weighted by molar-refractivity contribution is 0.0188.